The molecular formula is C15H14ClFN4O4. The highest BCUT2D eigenvalue weighted by atomic mass is 35.5. The molecule has 2 amide bonds. The summed E-state index contributed by atoms with van der Waals surface area (Å²) in [5.41, 5.74) is 4.83. The molecule has 0 unspecified atom stereocenters. The van der Waals surface area contributed by atoms with Gasteiger partial charge in [-0.3, -0.25) is 20.4 Å². The summed E-state index contributed by atoms with van der Waals surface area (Å²) in [6, 6.07) is 5.35. The molecule has 0 aliphatic carbocycles. The zero-order valence-corrected chi connectivity index (χ0v) is 14.1. The fourth-order valence-electron chi connectivity index (χ4n) is 1.88. The maximum atomic E-state index is 13.0. The summed E-state index contributed by atoms with van der Waals surface area (Å²) in [6.07, 6.45) is 0. The van der Waals surface area contributed by atoms with Crippen LogP contribution >= 0.6 is 11.6 Å². The first-order valence-electron chi connectivity index (χ1n) is 7.03. The summed E-state index contributed by atoms with van der Waals surface area (Å²) in [6.45, 7) is 2.13. The standard InChI is InChI=1S/C15H14ClFN4O4/c1-8-13(15(24)25-7-12(23)19-18-9(2)22)14(16)21(20-8)11-5-3-10(17)4-6-11/h3-6H,7H2,1-2H3,(H,18,22)(H,19,23). The van der Waals surface area contributed by atoms with Gasteiger partial charge in [0.05, 0.1) is 11.4 Å². The van der Waals surface area contributed by atoms with Crippen molar-refractivity contribution in [3.63, 3.8) is 0 Å². The number of nitrogens with zero attached hydrogens (tertiary/aromatic N) is 2. The van der Waals surface area contributed by atoms with Gasteiger partial charge in [0, 0.05) is 6.92 Å². The van der Waals surface area contributed by atoms with Crippen molar-refractivity contribution in [1.82, 2.24) is 20.6 Å². The zero-order chi connectivity index (χ0) is 18.6. The molecule has 25 heavy (non-hydrogen) atoms. The zero-order valence-electron chi connectivity index (χ0n) is 13.3. The third-order valence-corrected chi connectivity index (χ3v) is 3.34. The number of halogens is 2. The lowest BCUT2D eigenvalue weighted by Crippen LogP contribution is -2.42. The molecule has 0 spiro atoms. The van der Waals surface area contributed by atoms with Gasteiger partial charge in [0.15, 0.2) is 6.61 Å². The van der Waals surface area contributed by atoms with E-state index in [0.29, 0.717) is 5.69 Å². The summed E-state index contributed by atoms with van der Waals surface area (Å²) in [7, 11) is 0. The number of nitrogens with one attached hydrogen (secondary N) is 2. The average Bonchev–Trinajstić information content (AvgIpc) is 2.86. The molecule has 1 aromatic carbocycles. The van der Waals surface area contributed by atoms with E-state index in [2.05, 4.69) is 10.5 Å². The average molecular weight is 369 g/mol. The Morgan fingerprint density at radius 2 is 1.88 bits per heavy atom. The number of aryl methyl sites for hydroxylation is 1. The minimum absolute atomic E-state index is 0.0154. The van der Waals surface area contributed by atoms with Crippen LogP contribution in [0.4, 0.5) is 4.39 Å². The number of hydrazine groups is 1. The van der Waals surface area contributed by atoms with E-state index in [1.165, 1.54) is 35.9 Å². The first kappa shape index (κ1) is 18.4. The molecule has 0 saturated carbocycles. The van der Waals surface area contributed by atoms with Crippen molar-refractivity contribution in [3.8, 4) is 5.69 Å². The molecular weight excluding hydrogens is 355 g/mol. The fraction of sp³-hybridized carbons (Fsp3) is 0.200. The Kier molecular flexibility index (Phi) is 5.71. The van der Waals surface area contributed by atoms with Crippen molar-refractivity contribution >= 4 is 29.4 Å². The summed E-state index contributed by atoms with van der Waals surface area (Å²) in [5, 5.41) is 4.09. The molecule has 0 radical (unpaired) electrons. The Labute approximate surface area is 146 Å². The van der Waals surface area contributed by atoms with Crippen LogP contribution < -0.4 is 10.9 Å². The molecule has 0 aliphatic rings. The Morgan fingerprint density at radius 3 is 2.48 bits per heavy atom. The lowest BCUT2D eigenvalue weighted by molar-refractivity contribution is -0.129. The fourth-order valence-corrected chi connectivity index (χ4v) is 2.23. The minimum atomic E-state index is -0.853. The molecule has 0 fully saturated rings. The number of ether oxygens (including phenoxy) is 1. The predicted molar refractivity (Wildman–Crippen MR) is 85.5 cm³/mol. The van der Waals surface area contributed by atoms with Crippen molar-refractivity contribution in [2.24, 2.45) is 0 Å². The van der Waals surface area contributed by atoms with Gasteiger partial charge in [-0.1, -0.05) is 11.6 Å². The second kappa shape index (κ2) is 7.75. The van der Waals surface area contributed by atoms with E-state index in [9.17, 15) is 18.8 Å². The van der Waals surface area contributed by atoms with Crippen molar-refractivity contribution in [2.75, 3.05) is 6.61 Å². The number of carbonyl (C=O) groups is 3. The normalized spacial score (nSPS) is 10.2. The number of hydrogen-bond donors (Lipinski definition) is 2. The van der Waals surface area contributed by atoms with Gasteiger partial charge in [-0.25, -0.2) is 13.9 Å². The SMILES string of the molecule is CC(=O)NNC(=O)COC(=O)c1c(C)nn(-c2ccc(F)cc2)c1Cl. The molecule has 2 N–H and O–H groups in total. The van der Waals surface area contributed by atoms with Crippen LogP contribution in [0, 0.1) is 12.7 Å². The quantitative estimate of drug-likeness (QED) is 0.625. The smallest absolute Gasteiger partial charge is 0.343 e. The number of benzene rings is 1. The van der Waals surface area contributed by atoms with Gasteiger partial charge in [0.25, 0.3) is 5.91 Å². The predicted octanol–water partition coefficient (Wildman–Crippen LogP) is 1.30. The Hall–Kier alpha value is -2.94. The van der Waals surface area contributed by atoms with E-state index < -0.39 is 30.2 Å². The van der Waals surface area contributed by atoms with E-state index in [1.54, 1.807) is 6.92 Å². The summed E-state index contributed by atoms with van der Waals surface area (Å²) in [5.74, 6) is -2.47. The van der Waals surface area contributed by atoms with E-state index in [4.69, 9.17) is 16.3 Å². The van der Waals surface area contributed by atoms with Gasteiger partial charge in [-0.15, -0.1) is 0 Å². The lowest BCUT2D eigenvalue weighted by atomic mass is 10.2. The minimum Gasteiger partial charge on any atom is -0.452 e. The number of hydrogen-bond acceptors (Lipinski definition) is 5. The number of aromatic nitrogens is 2. The Balaban J connectivity index is 2.11. The molecule has 0 atom stereocenters. The number of amides is 2. The molecule has 0 bridgehead atoms. The van der Waals surface area contributed by atoms with Crippen LogP contribution in [0.15, 0.2) is 24.3 Å². The van der Waals surface area contributed by atoms with Crippen LogP contribution in [-0.4, -0.2) is 34.2 Å². The Morgan fingerprint density at radius 1 is 1.24 bits per heavy atom. The van der Waals surface area contributed by atoms with Gasteiger partial charge < -0.3 is 4.74 Å². The van der Waals surface area contributed by atoms with Gasteiger partial charge >= 0.3 is 5.97 Å². The highest BCUT2D eigenvalue weighted by molar-refractivity contribution is 6.33. The molecule has 8 nitrogen and oxygen atoms in total. The maximum Gasteiger partial charge on any atom is 0.343 e. The van der Waals surface area contributed by atoms with E-state index in [1.807, 2.05) is 5.43 Å². The molecule has 0 saturated heterocycles. The second-order valence-corrected chi connectivity index (χ2v) is 5.30. The van der Waals surface area contributed by atoms with Crippen molar-refractivity contribution in [1.29, 1.82) is 0 Å². The third kappa shape index (κ3) is 4.54. The van der Waals surface area contributed by atoms with Crippen molar-refractivity contribution in [3.05, 3.63) is 46.5 Å². The molecule has 0 aliphatic heterocycles. The van der Waals surface area contributed by atoms with Crippen LogP contribution in [0.5, 0.6) is 0 Å². The van der Waals surface area contributed by atoms with Crippen LogP contribution in [0.1, 0.15) is 23.0 Å². The molecule has 132 valence electrons. The van der Waals surface area contributed by atoms with Gasteiger partial charge in [-0.2, -0.15) is 5.10 Å². The summed E-state index contributed by atoms with van der Waals surface area (Å²) >= 11 is 6.17. The van der Waals surface area contributed by atoms with E-state index in [-0.39, 0.29) is 16.4 Å². The van der Waals surface area contributed by atoms with Crippen LogP contribution in [0.3, 0.4) is 0 Å². The van der Waals surface area contributed by atoms with Crippen molar-refractivity contribution < 1.29 is 23.5 Å². The van der Waals surface area contributed by atoms with Crippen LogP contribution in [0.2, 0.25) is 5.15 Å². The highest BCUT2D eigenvalue weighted by Crippen LogP contribution is 2.24. The van der Waals surface area contributed by atoms with Gasteiger partial charge in [-0.05, 0) is 31.2 Å². The van der Waals surface area contributed by atoms with Crippen LogP contribution in [-0.2, 0) is 14.3 Å². The van der Waals surface area contributed by atoms with Gasteiger partial charge in [0.1, 0.15) is 16.5 Å². The number of carbonyl (C=O) groups excluding carboxylic acids is 3. The molecule has 2 aromatic rings. The molecule has 2 rings (SSSR count). The van der Waals surface area contributed by atoms with E-state index in [0.717, 1.165) is 0 Å². The monoisotopic (exact) mass is 368 g/mol. The van der Waals surface area contributed by atoms with Crippen molar-refractivity contribution in [2.45, 2.75) is 13.8 Å². The molecule has 1 heterocycles. The number of esters is 1. The Bertz CT molecular complexity index is 820. The summed E-state index contributed by atoms with van der Waals surface area (Å²) < 4.78 is 19.1. The largest absolute Gasteiger partial charge is 0.452 e. The molecule has 1 aromatic heterocycles. The first-order chi connectivity index (χ1) is 11.8. The third-order valence-electron chi connectivity index (χ3n) is 2.99. The topological polar surface area (TPSA) is 102 Å². The lowest BCUT2D eigenvalue weighted by Gasteiger charge is -2.06. The number of rotatable bonds is 4. The summed E-state index contributed by atoms with van der Waals surface area (Å²) in [4.78, 5) is 34.2. The van der Waals surface area contributed by atoms with E-state index >= 15 is 0 Å². The first-order valence-corrected chi connectivity index (χ1v) is 7.41. The van der Waals surface area contributed by atoms with Crippen LogP contribution in [0.25, 0.3) is 5.69 Å². The van der Waals surface area contributed by atoms with Gasteiger partial charge in [0.2, 0.25) is 5.91 Å². The second-order valence-electron chi connectivity index (χ2n) is 4.94. The maximum absolute atomic E-state index is 13.0. The molecule has 10 heteroatoms. The highest BCUT2D eigenvalue weighted by Gasteiger charge is 2.23.